The van der Waals surface area contributed by atoms with Crippen LogP contribution in [0.5, 0.6) is 0 Å². The summed E-state index contributed by atoms with van der Waals surface area (Å²) in [5.41, 5.74) is 5.14. The Morgan fingerprint density at radius 1 is 1.24 bits per heavy atom. The summed E-state index contributed by atoms with van der Waals surface area (Å²) in [6.07, 6.45) is 0.746. The quantitative estimate of drug-likeness (QED) is 0.600. The van der Waals surface area contributed by atoms with Gasteiger partial charge in [-0.1, -0.05) is 20.3 Å². The Hall–Kier alpha value is -1.83. The Bertz CT molecular complexity index is 394. The van der Waals surface area contributed by atoms with Gasteiger partial charge in [0.25, 0.3) is 0 Å². The highest BCUT2D eigenvalue weighted by atomic mass is 16.4. The van der Waals surface area contributed by atoms with E-state index in [2.05, 4.69) is 5.32 Å². The van der Waals surface area contributed by atoms with Crippen LogP contribution in [0, 0.1) is 5.92 Å². The largest absolute Gasteiger partial charge is 0.480 e. The molecule has 0 aliphatic carbocycles. The number of hydrogen-bond acceptors (Lipinski definition) is 4. The van der Waals surface area contributed by atoms with Crippen LogP contribution in [0.3, 0.4) is 0 Å². The molecule has 4 N–H and O–H groups in total. The molecule has 1 aliphatic heterocycles. The molecule has 8 heteroatoms. The number of nitrogens with zero attached hydrogens (tertiary/aromatic N) is 2. The van der Waals surface area contributed by atoms with Crippen molar-refractivity contribution in [1.82, 2.24) is 15.1 Å². The average Bonchev–Trinajstić information content (AvgIpc) is 2.43. The summed E-state index contributed by atoms with van der Waals surface area (Å²) >= 11 is 0. The smallest absolute Gasteiger partial charge is 0.317 e. The lowest BCUT2D eigenvalue weighted by molar-refractivity contribution is -0.140. The third-order valence-electron chi connectivity index (χ3n) is 3.82. The summed E-state index contributed by atoms with van der Waals surface area (Å²) < 4.78 is 0. The van der Waals surface area contributed by atoms with Crippen molar-refractivity contribution in [3.05, 3.63) is 0 Å². The van der Waals surface area contributed by atoms with Crippen LogP contribution in [0.4, 0.5) is 4.79 Å². The summed E-state index contributed by atoms with van der Waals surface area (Å²) in [6, 6.07) is -1.34. The molecule has 21 heavy (non-hydrogen) atoms. The number of carbonyl (C=O) groups excluding carboxylic acids is 2. The third kappa shape index (κ3) is 5.22. The first kappa shape index (κ1) is 17.2. The molecule has 1 heterocycles. The first-order chi connectivity index (χ1) is 9.85. The number of carboxylic acids is 1. The van der Waals surface area contributed by atoms with E-state index >= 15 is 0 Å². The fraction of sp³-hybridized carbons (Fsp3) is 0.769. The van der Waals surface area contributed by atoms with E-state index in [9.17, 15) is 14.4 Å². The number of nitrogens with one attached hydrogen (secondary N) is 1. The van der Waals surface area contributed by atoms with Crippen molar-refractivity contribution in [2.75, 3.05) is 32.7 Å². The SMILES string of the molecule is CCC(C)C(NC(N)=O)C(=O)N1CCN(CC(=O)O)CC1. The number of piperazine rings is 1. The molecule has 8 nitrogen and oxygen atoms in total. The Morgan fingerprint density at radius 2 is 1.81 bits per heavy atom. The lowest BCUT2D eigenvalue weighted by atomic mass is 9.97. The van der Waals surface area contributed by atoms with Gasteiger partial charge < -0.3 is 21.1 Å². The predicted molar refractivity (Wildman–Crippen MR) is 76.6 cm³/mol. The van der Waals surface area contributed by atoms with E-state index in [1.165, 1.54) is 0 Å². The minimum Gasteiger partial charge on any atom is -0.480 e. The molecule has 0 aromatic heterocycles. The highest BCUT2D eigenvalue weighted by Gasteiger charge is 2.31. The first-order valence-electron chi connectivity index (χ1n) is 7.14. The second-order valence-corrected chi connectivity index (χ2v) is 5.37. The van der Waals surface area contributed by atoms with Crippen molar-refractivity contribution in [2.24, 2.45) is 11.7 Å². The molecular weight excluding hydrogens is 276 g/mol. The predicted octanol–water partition coefficient (Wildman–Crippen LogP) is -0.702. The van der Waals surface area contributed by atoms with Gasteiger partial charge in [-0.3, -0.25) is 14.5 Å². The molecule has 3 amide bonds. The van der Waals surface area contributed by atoms with Crippen LogP contribution in [-0.4, -0.2) is 71.6 Å². The van der Waals surface area contributed by atoms with E-state index < -0.39 is 18.0 Å². The summed E-state index contributed by atoms with van der Waals surface area (Å²) in [7, 11) is 0. The maximum absolute atomic E-state index is 12.5. The van der Waals surface area contributed by atoms with Gasteiger partial charge in [0.1, 0.15) is 6.04 Å². The molecule has 1 fully saturated rings. The summed E-state index contributed by atoms with van der Waals surface area (Å²) in [5.74, 6) is -1.04. The van der Waals surface area contributed by atoms with Gasteiger partial charge in [0.2, 0.25) is 5.91 Å². The zero-order valence-corrected chi connectivity index (χ0v) is 12.5. The number of aliphatic carboxylic acids is 1. The van der Waals surface area contributed by atoms with Crippen molar-refractivity contribution in [3.8, 4) is 0 Å². The topological polar surface area (TPSA) is 116 Å². The molecule has 0 spiro atoms. The Labute approximate surface area is 124 Å². The zero-order chi connectivity index (χ0) is 16.0. The van der Waals surface area contributed by atoms with Crippen LogP contribution < -0.4 is 11.1 Å². The number of hydrogen-bond donors (Lipinski definition) is 3. The molecule has 0 radical (unpaired) electrons. The maximum Gasteiger partial charge on any atom is 0.317 e. The van der Waals surface area contributed by atoms with Crippen molar-refractivity contribution in [1.29, 1.82) is 0 Å². The van der Waals surface area contributed by atoms with E-state index in [-0.39, 0.29) is 18.4 Å². The Morgan fingerprint density at radius 3 is 2.24 bits per heavy atom. The first-order valence-corrected chi connectivity index (χ1v) is 7.14. The summed E-state index contributed by atoms with van der Waals surface area (Å²) in [5, 5.41) is 11.3. The molecular formula is C13H24N4O4. The molecule has 0 saturated carbocycles. The van der Waals surface area contributed by atoms with Gasteiger partial charge in [-0.05, 0) is 5.92 Å². The third-order valence-corrected chi connectivity index (χ3v) is 3.82. The molecule has 1 aliphatic rings. The minimum atomic E-state index is -0.873. The lowest BCUT2D eigenvalue weighted by Crippen LogP contribution is -2.57. The molecule has 2 atom stereocenters. The Balaban J connectivity index is 2.60. The molecule has 1 rings (SSSR count). The number of nitrogens with two attached hydrogens (primary N) is 1. The highest BCUT2D eigenvalue weighted by molar-refractivity contribution is 5.87. The number of carboxylic acid groups (broad SMARTS) is 1. The van der Waals surface area contributed by atoms with Gasteiger partial charge in [-0.25, -0.2) is 4.79 Å². The molecule has 1 saturated heterocycles. The molecule has 0 aromatic rings. The van der Waals surface area contributed by atoms with E-state index in [0.717, 1.165) is 6.42 Å². The molecule has 0 aromatic carbocycles. The van der Waals surface area contributed by atoms with Crippen LogP contribution in [0.15, 0.2) is 0 Å². The highest BCUT2D eigenvalue weighted by Crippen LogP contribution is 2.12. The van der Waals surface area contributed by atoms with E-state index in [1.54, 1.807) is 9.80 Å². The number of urea groups is 1. The van der Waals surface area contributed by atoms with Gasteiger partial charge in [-0.15, -0.1) is 0 Å². The van der Waals surface area contributed by atoms with Crippen LogP contribution in [0.1, 0.15) is 20.3 Å². The summed E-state index contributed by atoms with van der Waals surface area (Å²) in [6.45, 7) is 5.76. The maximum atomic E-state index is 12.5. The molecule has 2 unspecified atom stereocenters. The average molecular weight is 300 g/mol. The van der Waals surface area contributed by atoms with Crippen molar-refractivity contribution < 1.29 is 19.5 Å². The monoisotopic (exact) mass is 300 g/mol. The fourth-order valence-corrected chi connectivity index (χ4v) is 2.35. The van der Waals surface area contributed by atoms with Crippen LogP contribution >= 0.6 is 0 Å². The van der Waals surface area contributed by atoms with Crippen molar-refractivity contribution >= 4 is 17.9 Å². The fourth-order valence-electron chi connectivity index (χ4n) is 2.35. The van der Waals surface area contributed by atoms with Crippen LogP contribution in [-0.2, 0) is 9.59 Å². The van der Waals surface area contributed by atoms with E-state index in [1.807, 2.05) is 13.8 Å². The van der Waals surface area contributed by atoms with Gasteiger partial charge in [0.15, 0.2) is 0 Å². The number of primary amides is 1. The molecule has 120 valence electrons. The van der Waals surface area contributed by atoms with Gasteiger partial charge in [-0.2, -0.15) is 0 Å². The normalized spacial score (nSPS) is 18.9. The number of amides is 3. The second-order valence-electron chi connectivity index (χ2n) is 5.37. The minimum absolute atomic E-state index is 0.0120. The van der Waals surface area contributed by atoms with Crippen molar-refractivity contribution in [2.45, 2.75) is 26.3 Å². The standard InChI is InChI=1S/C13H24N4O4/c1-3-9(2)11(15-13(14)21)12(20)17-6-4-16(5-7-17)8-10(18)19/h9,11H,3-8H2,1-2H3,(H,18,19)(H3,14,15,21). The second kappa shape index (κ2) is 7.82. The van der Waals surface area contributed by atoms with E-state index in [0.29, 0.717) is 26.2 Å². The van der Waals surface area contributed by atoms with Crippen molar-refractivity contribution in [3.63, 3.8) is 0 Å². The van der Waals surface area contributed by atoms with Crippen LogP contribution in [0.25, 0.3) is 0 Å². The number of rotatable bonds is 6. The summed E-state index contributed by atoms with van der Waals surface area (Å²) in [4.78, 5) is 37.6. The number of carbonyl (C=O) groups is 3. The van der Waals surface area contributed by atoms with Gasteiger partial charge >= 0.3 is 12.0 Å². The lowest BCUT2D eigenvalue weighted by Gasteiger charge is -2.36. The van der Waals surface area contributed by atoms with Gasteiger partial charge in [0.05, 0.1) is 6.54 Å². The van der Waals surface area contributed by atoms with Crippen LogP contribution in [0.2, 0.25) is 0 Å². The zero-order valence-electron chi connectivity index (χ0n) is 12.5. The molecule has 0 bridgehead atoms. The Kier molecular flexibility index (Phi) is 6.41. The van der Waals surface area contributed by atoms with E-state index in [4.69, 9.17) is 10.8 Å². The van der Waals surface area contributed by atoms with Gasteiger partial charge in [0, 0.05) is 26.2 Å².